The maximum atomic E-state index is 11.1. The second-order valence-corrected chi connectivity index (χ2v) is 10.0. The minimum absolute atomic E-state index is 0.138. The van der Waals surface area contributed by atoms with Gasteiger partial charge in [0.15, 0.2) is 0 Å². The van der Waals surface area contributed by atoms with Crippen molar-refractivity contribution < 1.29 is 22.0 Å². The van der Waals surface area contributed by atoms with Gasteiger partial charge in [0.1, 0.15) is 0 Å². The van der Waals surface area contributed by atoms with Gasteiger partial charge in [-0.25, -0.2) is 0 Å². The molecule has 0 aliphatic carbocycles. The summed E-state index contributed by atoms with van der Waals surface area (Å²) in [4.78, 5) is 0. The first-order chi connectivity index (χ1) is 6.72. The first kappa shape index (κ1) is 13.1. The molecule has 9 heteroatoms. The zero-order valence-corrected chi connectivity index (χ0v) is 10.9. The summed E-state index contributed by atoms with van der Waals surface area (Å²) < 4.78 is 44.7. The standard InChI is InChI=1S/C6H12NO5PS2/c1-6(2)3-11-13(7-5-14,12-4-6)15(8,9)10/h13H,3-4H2,1-2H3,(H,8,9,10). The molecule has 1 saturated heterocycles. The van der Waals surface area contributed by atoms with Crippen LogP contribution in [0.5, 0.6) is 0 Å². The van der Waals surface area contributed by atoms with Gasteiger partial charge in [0.05, 0.1) is 0 Å². The Morgan fingerprint density at radius 1 is 1.47 bits per heavy atom. The normalized spacial score (nSPS) is 26.3. The molecule has 0 aromatic carbocycles. The molecule has 0 aromatic heterocycles. The van der Waals surface area contributed by atoms with Crippen LogP contribution in [0.1, 0.15) is 13.8 Å². The van der Waals surface area contributed by atoms with Gasteiger partial charge in [-0.1, -0.05) is 0 Å². The topological polar surface area (TPSA) is 85.2 Å². The first-order valence-electron chi connectivity index (χ1n) is 4.06. The van der Waals surface area contributed by atoms with E-state index in [0.717, 1.165) is 0 Å². The van der Waals surface area contributed by atoms with Gasteiger partial charge in [-0.05, 0) is 0 Å². The monoisotopic (exact) mass is 273 g/mol. The van der Waals surface area contributed by atoms with E-state index in [0.29, 0.717) is 0 Å². The molecule has 15 heavy (non-hydrogen) atoms. The van der Waals surface area contributed by atoms with Crippen molar-refractivity contribution in [2.24, 2.45) is 10.2 Å². The molecule has 0 radical (unpaired) electrons. The number of hydrogen-bond acceptors (Lipinski definition) is 6. The van der Waals surface area contributed by atoms with Crippen molar-refractivity contribution in [3.05, 3.63) is 0 Å². The summed E-state index contributed by atoms with van der Waals surface area (Å²) in [5, 5.41) is 1.89. The third kappa shape index (κ3) is 2.79. The fraction of sp³-hybridized carbons (Fsp3) is 0.833. The fourth-order valence-electron chi connectivity index (χ4n) is 0.984. The molecule has 0 saturated carbocycles. The Hall–Kier alpha value is 0.0600. The summed E-state index contributed by atoms with van der Waals surface area (Å²) in [7, 11) is -8.54. The van der Waals surface area contributed by atoms with Gasteiger partial charge in [-0.3, -0.25) is 0 Å². The van der Waals surface area contributed by atoms with Gasteiger partial charge in [0.2, 0.25) is 0 Å². The van der Waals surface area contributed by atoms with Crippen LogP contribution in [0.4, 0.5) is 0 Å². The predicted octanol–water partition coefficient (Wildman–Crippen LogP) is 1.46. The summed E-state index contributed by atoms with van der Waals surface area (Å²) in [6, 6.07) is 0. The van der Waals surface area contributed by atoms with Crippen molar-refractivity contribution in [1.29, 1.82) is 0 Å². The van der Waals surface area contributed by atoms with Crippen LogP contribution in [-0.4, -0.2) is 31.3 Å². The molecule has 1 rings (SSSR count). The average molecular weight is 273 g/mol. The third-order valence-corrected chi connectivity index (χ3v) is 7.05. The molecule has 0 amide bonds. The van der Waals surface area contributed by atoms with Crippen LogP contribution < -0.4 is 0 Å². The molecule has 0 spiro atoms. The molecular formula is C6H12NO5PS2. The van der Waals surface area contributed by atoms with Crippen LogP contribution in [0.3, 0.4) is 0 Å². The van der Waals surface area contributed by atoms with E-state index < -0.39 is 16.8 Å². The summed E-state index contributed by atoms with van der Waals surface area (Å²) in [6.45, 7) is 3.96. The molecule has 6 nitrogen and oxygen atoms in total. The molecule has 1 aliphatic heterocycles. The number of nitrogens with zero attached hydrogens (tertiary/aromatic N) is 1. The van der Waals surface area contributed by atoms with Crippen LogP contribution in [0.2, 0.25) is 0 Å². The number of rotatable bonds is 2. The van der Waals surface area contributed by atoms with Crippen LogP contribution in [0.15, 0.2) is 4.76 Å². The van der Waals surface area contributed by atoms with Gasteiger partial charge in [-0.2, -0.15) is 0 Å². The molecule has 1 aliphatic rings. The van der Waals surface area contributed by atoms with E-state index in [1.54, 1.807) is 0 Å². The van der Waals surface area contributed by atoms with E-state index in [-0.39, 0.29) is 18.6 Å². The maximum absolute atomic E-state index is 11.1. The zero-order chi connectivity index (χ0) is 11.7. The van der Waals surface area contributed by atoms with Gasteiger partial charge in [-0.15, -0.1) is 0 Å². The summed E-state index contributed by atoms with van der Waals surface area (Å²) in [5.74, 6) is 0. The van der Waals surface area contributed by atoms with Crippen LogP contribution in [0, 0.1) is 5.41 Å². The van der Waals surface area contributed by atoms with Crippen LogP contribution in [0.25, 0.3) is 0 Å². The molecular weight excluding hydrogens is 261 g/mol. The molecule has 1 fully saturated rings. The molecule has 0 bridgehead atoms. The molecule has 1 N–H and O–H groups in total. The molecule has 0 unspecified atom stereocenters. The Morgan fingerprint density at radius 3 is 2.27 bits per heavy atom. The predicted molar refractivity (Wildman–Crippen MR) is 60.6 cm³/mol. The second kappa shape index (κ2) is 4.14. The van der Waals surface area contributed by atoms with E-state index in [1.807, 2.05) is 19.0 Å². The zero-order valence-electron chi connectivity index (χ0n) is 8.26. The van der Waals surface area contributed by atoms with Crippen LogP contribution in [-0.2, 0) is 18.8 Å². The van der Waals surface area contributed by atoms with E-state index in [1.165, 1.54) is 0 Å². The Balaban J connectivity index is 3.04. The minimum atomic E-state index is -4.50. The van der Waals surface area contributed by atoms with E-state index >= 15 is 0 Å². The van der Waals surface area contributed by atoms with Gasteiger partial charge >= 0.3 is 93.4 Å². The molecule has 0 atom stereocenters. The van der Waals surface area contributed by atoms with Gasteiger partial charge < -0.3 is 0 Å². The quantitative estimate of drug-likeness (QED) is 0.355. The Labute approximate surface area is 93.7 Å². The van der Waals surface area contributed by atoms with E-state index in [4.69, 9.17) is 13.6 Å². The average Bonchev–Trinajstić information content (AvgIpc) is 2.07. The fourth-order valence-corrected chi connectivity index (χ4v) is 5.13. The van der Waals surface area contributed by atoms with Crippen molar-refractivity contribution in [2.45, 2.75) is 13.8 Å². The Kier molecular flexibility index (Phi) is 3.63. The SMILES string of the molecule is CC1(C)CO[PH](N=C=S)(S(=O)(=O)O)OC1. The Morgan fingerprint density at radius 2 is 1.93 bits per heavy atom. The van der Waals surface area contributed by atoms with E-state index in [2.05, 4.69) is 17.0 Å². The molecule has 88 valence electrons. The van der Waals surface area contributed by atoms with Crippen molar-refractivity contribution in [3.8, 4) is 0 Å². The molecule has 0 aromatic rings. The van der Waals surface area contributed by atoms with Crippen LogP contribution >= 0.6 is 19.3 Å². The Bertz CT molecular complexity index is 390. The molecule has 1 heterocycles. The van der Waals surface area contributed by atoms with Crippen molar-refractivity contribution in [2.75, 3.05) is 13.2 Å². The van der Waals surface area contributed by atoms with Gasteiger partial charge in [0, 0.05) is 0 Å². The number of isothiocyanates is 1. The van der Waals surface area contributed by atoms with Crippen molar-refractivity contribution >= 4 is 34.2 Å². The summed E-state index contributed by atoms with van der Waals surface area (Å²) in [5.41, 5.74) is -0.307. The van der Waals surface area contributed by atoms with Crippen molar-refractivity contribution in [3.63, 3.8) is 0 Å². The summed E-state index contributed by atoms with van der Waals surface area (Å²) in [6.07, 6.45) is 0. The second-order valence-electron chi connectivity index (χ2n) is 3.94. The van der Waals surface area contributed by atoms with Gasteiger partial charge in [0.25, 0.3) is 0 Å². The number of hydrogen-bond donors (Lipinski definition) is 1. The number of thiocarbonyl (C=S) groups is 1. The third-order valence-electron chi connectivity index (χ3n) is 1.80. The van der Waals surface area contributed by atoms with Crippen molar-refractivity contribution in [1.82, 2.24) is 0 Å². The first-order valence-corrected chi connectivity index (χ1v) is 8.40. The van der Waals surface area contributed by atoms with E-state index in [9.17, 15) is 8.42 Å². The summed E-state index contributed by atoms with van der Waals surface area (Å²) >= 11 is 4.31.